The maximum Gasteiger partial charge on any atom is 0.166 e. The number of fused-ring (bicyclic) bond motifs is 6. The third kappa shape index (κ3) is 4.21. The van der Waals surface area contributed by atoms with Gasteiger partial charge in [-0.3, -0.25) is 0 Å². The standard InChI is InChI=1S/C49H28N4S/c1-2-12-30(13-3-1)47-50-48(31-24-26-35-34-17-7-9-23-42(34)54-43(35)28-31)52-49(51-47)38-18-6-8-21-39(38)53-40-22-11-20-37-33-16-5-4-15-32(33)36-19-10-14-29-25-27-41(53)46(44(29)36)45(37)40/h1-28H. The van der Waals surface area contributed by atoms with Gasteiger partial charge in [0.15, 0.2) is 17.5 Å². The molecule has 5 heteroatoms. The van der Waals surface area contributed by atoms with E-state index in [0.717, 1.165) is 33.4 Å². The van der Waals surface area contributed by atoms with E-state index >= 15 is 0 Å². The van der Waals surface area contributed by atoms with Crippen molar-refractivity contribution < 1.29 is 0 Å². The molecule has 0 spiro atoms. The maximum atomic E-state index is 5.28. The number of hydrogen-bond acceptors (Lipinski definition) is 4. The first-order valence-corrected chi connectivity index (χ1v) is 19.0. The van der Waals surface area contributed by atoms with Crippen LogP contribution in [0.3, 0.4) is 0 Å². The van der Waals surface area contributed by atoms with Gasteiger partial charge < -0.3 is 4.57 Å². The van der Waals surface area contributed by atoms with Crippen LogP contribution in [0.1, 0.15) is 0 Å². The number of benzene rings is 8. The molecule has 0 saturated heterocycles. The Kier molecular flexibility index (Phi) is 6.18. The van der Waals surface area contributed by atoms with Crippen LogP contribution in [0.2, 0.25) is 0 Å². The lowest BCUT2D eigenvalue weighted by molar-refractivity contribution is 1.06. The van der Waals surface area contributed by atoms with Gasteiger partial charge in [0.25, 0.3) is 0 Å². The molecule has 8 aromatic carbocycles. The van der Waals surface area contributed by atoms with Gasteiger partial charge in [0.05, 0.1) is 16.7 Å². The summed E-state index contributed by atoms with van der Waals surface area (Å²) >= 11 is 1.80. The number of nitrogens with zero attached hydrogens (tertiary/aromatic N) is 4. The van der Waals surface area contributed by atoms with Gasteiger partial charge in [-0.2, -0.15) is 0 Å². The average molecular weight is 705 g/mol. The first-order valence-electron chi connectivity index (χ1n) is 18.2. The molecule has 0 N–H and O–H groups in total. The third-order valence-corrected chi connectivity index (χ3v) is 12.1. The summed E-state index contributed by atoms with van der Waals surface area (Å²) in [6.45, 7) is 0. The van der Waals surface area contributed by atoms with Crippen molar-refractivity contribution in [3.05, 3.63) is 170 Å². The Bertz CT molecular complexity index is 3340. The van der Waals surface area contributed by atoms with E-state index in [9.17, 15) is 0 Å². The quantitative estimate of drug-likeness (QED) is 0.183. The van der Waals surface area contributed by atoms with Crippen LogP contribution in [0.4, 0.5) is 0 Å². The summed E-state index contributed by atoms with van der Waals surface area (Å²) in [4.78, 5) is 15.6. The van der Waals surface area contributed by atoms with Crippen molar-refractivity contribution in [3.8, 4) is 62.1 Å². The number of rotatable bonds is 4. The maximum absolute atomic E-state index is 5.28. The second kappa shape index (κ2) is 11.3. The molecule has 11 aromatic rings. The molecular formula is C49H28N4S. The van der Waals surface area contributed by atoms with Crippen molar-refractivity contribution in [2.45, 2.75) is 0 Å². The second-order valence-corrected chi connectivity index (χ2v) is 15.0. The van der Waals surface area contributed by atoms with E-state index in [2.05, 4.69) is 156 Å². The van der Waals surface area contributed by atoms with Gasteiger partial charge in [-0.1, -0.05) is 133 Å². The van der Waals surface area contributed by atoms with Crippen molar-refractivity contribution in [2.24, 2.45) is 0 Å². The van der Waals surface area contributed by atoms with Crippen molar-refractivity contribution in [1.82, 2.24) is 19.5 Å². The number of hydrogen-bond donors (Lipinski definition) is 0. The van der Waals surface area contributed by atoms with Crippen LogP contribution >= 0.6 is 11.3 Å². The molecule has 4 nitrogen and oxygen atoms in total. The first-order chi connectivity index (χ1) is 26.8. The van der Waals surface area contributed by atoms with Crippen LogP contribution < -0.4 is 0 Å². The van der Waals surface area contributed by atoms with Gasteiger partial charge in [0, 0.05) is 47.6 Å². The lowest BCUT2D eigenvalue weighted by Crippen LogP contribution is -2.03. The molecule has 0 aliphatic heterocycles. The van der Waals surface area contributed by atoms with Crippen molar-refractivity contribution >= 4 is 64.1 Å². The van der Waals surface area contributed by atoms with E-state index in [1.807, 2.05) is 18.2 Å². The minimum absolute atomic E-state index is 0.635. The fraction of sp³-hybridized carbons (Fsp3) is 0. The number of thiophene rings is 1. The molecular weight excluding hydrogens is 677 g/mol. The Morgan fingerprint density at radius 3 is 1.85 bits per heavy atom. The normalized spacial score (nSPS) is 12.1. The van der Waals surface area contributed by atoms with Crippen LogP contribution in [0.5, 0.6) is 0 Å². The van der Waals surface area contributed by atoms with Crippen LogP contribution in [0.15, 0.2) is 170 Å². The second-order valence-electron chi connectivity index (χ2n) is 13.9. The fourth-order valence-corrected chi connectivity index (χ4v) is 9.80. The Hall–Kier alpha value is -6.95. The predicted octanol–water partition coefficient (Wildman–Crippen LogP) is 13.1. The topological polar surface area (TPSA) is 43.6 Å². The zero-order valence-corrected chi connectivity index (χ0v) is 29.7. The lowest BCUT2D eigenvalue weighted by Gasteiger charge is -2.16. The van der Waals surface area contributed by atoms with E-state index in [4.69, 9.17) is 15.0 Å². The summed E-state index contributed by atoms with van der Waals surface area (Å²) in [7, 11) is 0. The molecule has 1 aliphatic rings. The Labute approximate surface area is 314 Å². The molecule has 1 aliphatic carbocycles. The Morgan fingerprint density at radius 2 is 1.00 bits per heavy atom. The minimum Gasteiger partial charge on any atom is -0.308 e. The first kappa shape index (κ1) is 29.6. The molecule has 0 unspecified atom stereocenters. The number of para-hydroxylation sites is 1. The monoisotopic (exact) mass is 704 g/mol. The van der Waals surface area contributed by atoms with E-state index in [1.54, 1.807) is 11.3 Å². The highest BCUT2D eigenvalue weighted by atomic mass is 32.1. The minimum atomic E-state index is 0.635. The summed E-state index contributed by atoms with van der Waals surface area (Å²) in [5, 5.41) is 7.60. The zero-order valence-electron chi connectivity index (χ0n) is 28.9. The van der Waals surface area contributed by atoms with Crippen LogP contribution in [0.25, 0.3) is 115 Å². The zero-order chi connectivity index (χ0) is 35.3. The summed E-state index contributed by atoms with van der Waals surface area (Å²) in [5.41, 5.74) is 11.2. The smallest absolute Gasteiger partial charge is 0.166 e. The molecule has 0 atom stereocenters. The van der Waals surface area contributed by atoms with E-state index in [1.165, 1.54) is 64.0 Å². The summed E-state index contributed by atoms with van der Waals surface area (Å²) in [5.74, 6) is 1.93. The van der Waals surface area contributed by atoms with Crippen LogP contribution in [-0.2, 0) is 0 Å². The average Bonchev–Trinajstić information content (AvgIpc) is 3.75. The van der Waals surface area contributed by atoms with E-state index in [-0.39, 0.29) is 0 Å². The van der Waals surface area contributed by atoms with Gasteiger partial charge in [0.1, 0.15) is 0 Å². The molecule has 0 radical (unpaired) electrons. The SMILES string of the molecule is c1ccc(-c2nc(-c3ccc4c(c3)sc3ccccc34)nc(-c3ccccc3-n3c4cccc5c4c4c6c(cccc6ccc43)-c3ccccc3-5)n2)cc1. The molecule has 0 saturated carbocycles. The predicted molar refractivity (Wildman–Crippen MR) is 225 cm³/mol. The molecule has 250 valence electrons. The van der Waals surface area contributed by atoms with Crippen LogP contribution in [0, 0.1) is 0 Å². The third-order valence-electron chi connectivity index (χ3n) is 11.0. The highest BCUT2D eigenvalue weighted by Crippen LogP contribution is 2.50. The van der Waals surface area contributed by atoms with Crippen molar-refractivity contribution in [3.63, 3.8) is 0 Å². The molecule has 3 aromatic heterocycles. The molecule has 54 heavy (non-hydrogen) atoms. The summed E-state index contributed by atoms with van der Waals surface area (Å²) in [6.07, 6.45) is 0. The fourth-order valence-electron chi connectivity index (χ4n) is 8.65. The van der Waals surface area contributed by atoms with Gasteiger partial charge in [-0.25, -0.2) is 15.0 Å². The van der Waals surface area contributed by atoms with E-state index < -0.39 is 0 Å². The Balaban J connectivity index is 1.14. The van der Waals surface area contributed by atoms with Gasteiger partial charge in [-0.05, 0) is 69.4 Å². The Morgan fingerprint density at radius 1 is 0.370 bits per heavy atom. The van der Waals surface area contributed by atoms with Crippen molar-refractivity contribution in [1.29, 1.82) is 0 Å². The van der Waals surface area contributed by atoms with Gasteiger partial charge in [0.2, 0.25) is 0 Å². The molecule has 0 amide bonds. The largest absolute Gasteiger partial charge is 0.308 e. The number of aromatic nitrogens is 4. The molecule has 0 fully saturated rings. The van der Waals surface area contributed by atoms with Crippen LogP contribution in [-0.4, -0.2) is 19.5 Å². The molecule has 0 bridgehead atoms. The molecule has 3 heterocycles. The lowest BCUT2D eigenvalue weighted by atomic mass is 9.93. The highest BCUT2D eigenvalue weighted by Gasteiger charge is 2.26. The van der Waals surface area contributed by atoms with Gasteiger partial charge in [-0.15, -0.1) is 11.3 Å². The molecule has 12 rings (SSSR count). The summed E-state index contributed by atoms with van der Waals surface area (Å²) < 4.78 is 4.91. The highest BCUT2D eigenvalue weighted by molar-refractivity contribution is 7.25. The summed E-state index contributed by atoms with van der Waals surface area (Å²) in [6, 6.07) is 60.7. The van der Waals surface area contributed by atoms with Gasteiger partial charge >= 0.3 is 0 Å². The van der Waals surface area contributed by atoms with E-state index in [0.29, 0.717) is 17.5 Å². The van der Waals surface area contributed by atoms with Crippen molar-refractivity contribution in [2.75, 3.05) is 0 Å².